The summed E-state index contributed by atoms with van der Waals surface area (Å²) in [5.41, 5.74) is 3.57. The first-order valence-corrected chi connectivity index (χ1v) is 10.4. The van der Waals surface area contributed by atoms with Crippen LogP contribution in [0.3, 0.4) is 0 Å². The number of benzene rings is 2. The van der Waals surface area contributed by atoms with Gasteiger partial charge in [0.2, 0.25) is 5.91 Å². The van der Waals surface area contributed by atoms with Crippen molar-refractivity contribution in [3.63, 3.8) is 0 Å². The van der Waals surface area contributed by atoms with E-state index in [1.807, 2.05) is 62.4 Å². The summed E-state index contributed by atoms with van der Waals surface area (Å²) < 4.78 is 0. The van der Waals surface area contributed by atoms with Crippen LogP contribution in [0.4, 0.5) is 5.69 Å². The Morgan fingerprint density at radius 1 is 1.03 bits per heavy atom. The Kier molecular flexibility index (Phi) is 5.84. The van der Waals surface area contributed by atoms with Crippen molar-refractivity contribution in [2.75, 3.05) is 11.9 Å². The first kappa shape index (κ1) is 21.8. The summed E-state index contributed by atoms with van der Waals surface area (Å²) in [7, 11) is 0. The van der Waals surface area contributed by atoms with Crippen LogP contribution in [0.1, 0.15) is 58.2 Å². The Labute approximate surface area is 179 Å². The van der Waals surface area contributed by atoms with Gasteiger partial charge in [0, 0.05) is 11.3 Å². The smallest absolute Gasteiger partial charge is 0.275 e. The van der Waals surface area contributed by atoms with Crippen LogP contribution >= 0.6 is 0 Å². The van der Waals surface area contributed by atoms with E-state index in [1.165, 1.54) is 16.0 Å². The number of aryl methyl sites for hydroxylation is 1. The third-order valence-corrected chi connectivity index (χ3v) is 5.47. The van der Waals surface area contributed by atoms with Gasteiger partial charge in [-0.3, -0.25) is 14.6 Å². The number of anilines is 1. The van der Waals surface area contributed by atoms with Crippen LogP contribution in [0.15, 0.2) is 53.5 Å². The Bertz CT molecular complexity index is 965. The van der Waals surface area contributed by atoms with Crippen LogP contribution in [0.25, 0.3) is 0 Å². The normalized spacial score (nSPS) is 15.9. The van der Waals surface area contributed by atoms with Crippen LogP contribution in [-0.2, 0) is 21.4 Å². The highest BCUT2D eigenvalue weighted by atomic mass is 16.2. The van der Waals surface area contributed by atoms with Crippen molar-refractivity contribution in [3.8, 4) is 0 Å². The van der Waals surface area contributed by atoms with E-state index in [9.17, 15) is 9.59 Å². The fourth-order valence-electron chi connectivity index (χ4n) is 3.51. The molecule has 0 saturated heterocycles. The highest BCUT2D eigenvalue weighted by Gasteiger charge is 2.41. The molecule has 2 aromatic rings. The lowest BCUT2D eigenvalue weighted by molar-refractivity contribution is -0.131. The summed E-state index contributed by atoms with van der Waals surface area (Å²) in [6, 6.07) is 15.7. The molecule has 5 nitrogen and oxygen atoms in total. The molecule has 1 aliphatic heterocycles. The van der Waals surface area contributed by atoms with Gasteiger partial charge in [-0.2, -0.15) is 0 Å². The van der Waals surface area contributed by atoms with Gasteiger partial charge in [0.15, 0.2) is 0 Å². The maximum absolute atomic E-state index is 13.1. The van der Waals surface area contributed by atoms with Gasteiger partial charge in [-0.1, -0.05) is 64.1 Å². The van der Waals surface area contributed by atoms with E-state index in [1.54, 1.807) is 0 Å². The molecule has 3 rings (SSSR count). The van der Waals surface area contributed by atoms with E-state index in [-0.39, 0.29) is 23.8 Å². The third-order valence-electron chi connectivity index (χ3n) is 5.47. The summed E-state index contributed by atoms with van der Waals surface area (Å²) in [4.78, 5) is 31.9. The van der Waals surface area contributed by atoms with Crippen molar-refractivity contribution < 1.29 is 9.59 Å². The molecule has 0 radical (unpaired) electrons. The molecule has 0 saturated carbocycles. The quantitative estimate of drug-likeness (QED) is 0.793. The predicted molar refractivity (Wildman–Crippen MR) is 122 cm³/mol. The number of carbonyl (C=O) groups is 2. The number of nitrogens with zero attached hydrogens (tertiary/aromatic N) is 2. The lowest BCUT2D eigenvalue weighted by atomic mass is 9.86. The second-order valence-corrected chi connectivity index (χ2v) is 9.27. The second kappa shape index (κ2) is 8.05. The number of aliphatic imine (C=N–C) groups is 1. The minimum absolute atomic E-state index is 0.0404. The lowest BCUT2D eigenvalue weighted by Crippen LogP contribution is -2.46. The highest BCUT2D eigenvalue weighted by molar-refractivity contribution is 6.47. The fourth-order valence-corrected chi connectivity index (χ4v) is 3.51. The number of rotatable bonds is 5. The number of hydrogen-bond donors (Lipinski definition) is 1. The zero-order valence-corrected chi connectivity index (χ0v) is 18.7. The molecular formula is C25H31N3O2. The number of carbonyl (C=O) groups excluding carboxylic acids is 2. The van der Waals surface area contributed by atoms with Gasteiger partial charge in [-0.25, -0.2) is 0 Å². The summed E-state index contributed by atoms with van der Waals surface area (Å²) in [6.07, 6.45) is 0.946. The third kappa shape index (κ3) is 4.61. The van der Waals surface area contributed by atoms with Crippen molar-refractivity contribution in [1.29, 1.82) is 0 Å². The van der Waals surface area contributed by atoms with Crippen molar-refractivity contribution in [3.05, 3.63) is 65.2 Å². The minimum Gasteiger partial charge on any atom is -0.325 e. The van der Waals surface area contributed by atoms with Crippen molar-refractivity contribution in [2.24, 2.45) is 4.99 Å². The lowest BCUT2D eigenvalue weighted by Gasteiger charge is -2.28. The molecule has 0 atom stereocenters. The van der Waals surface area contributed by atoms with Crippen molar-refractivity contribution in [2.45, 2.75) is 59.0 Å². The topological polar surface area (TPSA) is 61.8 Å². The first-order chi connectivity index (χ1) is 14.0. The van der Waals surface area contributed by atoms with Gasteiger partial charge in [-0.05, 0) is 48.9 Å². The Morgan fingerprint density at radius 2 is 1.63 bits per heavy atom. The SMILES string of the molecule is CCc1ccc(NC(=O)CN2C(=O)C(c3ccc(C(C)(C)C)cc3)=NC2(C)C)cc1. The average Bonchev–Trinajstić information content (AvgIpc) is 2.91. The van der Waals surface area contributed by atoms with Gasteiger partial charge >= 0.3 is 0 Å². The van der Waals surface area contributed by atoms with E-state index in [0.29, 0.717) is 5.71 Å². The molecule has 0 fully saturated rings. The van der Waals surface area contributed by atoms with E-state index in [0.717, 1.165) is 17.7 Å². The van der Waals surface area contributed by atoms with E-state index >= 15 is 0 Å². The van der Waals surface area contributed by atoms with Crippen molar-refractivity contribution >= 4 is 23.2 Å². The van der Waals surface area contributed by atoms with Gasteiger partial charge in [-0.15, -0.1) is 0 Å². The molecule has 0 unspecified atom stereocenters. The van der Waals surface area contributed by atoms with Crippen LogP contribution in [0.2, 0.25) is 0 Å². The van der Waals surface area contributed by atoms with Crippen molar-refractivity contribution in [1.82, 2.24) is 4.90 Å². The average molecular weight is 406 g/mol. The molecule has 0 aromatic heterocycles. The van der Waals surface area contributed by atoms with Crippen LogP contribution in [-0.4, -0.2) is 34.6 Å². The Morgan fingerprint density at radius 3 is 2.17 bits per heavy atom. The largest absolute Gasteiger partial charge is 0.325 e. The van der Waals surface area contributed by atoms with Gasteiger partial charge in [0.25, 0.3) is 5.91 Å². The molecular weight excluding hydrogens is 374 g/mol. The second-order valence-electron chi connectivity index (χ2n) is 9.27. The summed E-state index contributed by atoms with van der Waals surface area (Å²) in [5.74, 6) is -0.458. The maximum Gasteiger partial charge on any atom is 0.275 e. The van der Waals surface area contributed by atoms with Crippen LogP contribution in [0, 0.1) is 0 Å². The molecule has 0 aliphatic carbocycles. The maximum atomic E-state index is 13.1. The standard InChI is InChI=1S/C25H31N3O2/c1-7-17-8-14-20(15-9-17)26-21(29)16-28-23(30)22(27-25(28,5)6)18-10-12-19(13-11-18)24(2,3)4/h8-15H,7,16H2,1-6H3,(H,26,29). The van der Waals surface area contributed by atoms with Crippen LogP contribution in [0.5, 0.6) is 0 Å². The van der Waals surface area contributed by atoms with E-state index < -0.39 is 5.66 Å². The summed E-state index contributed by atoms with van der Waals surface area (Å²) in [5, 5.41) is 2.87. The van der Waals surface area contributed by atoms with Gasteiger partial charge in [0.1, 0.15) is 17.9 Å². The molecule has 5 heteroatoms. The minimum atomic E-state index is -0.779. The molecule has 1 aliphatic rings. The molecule has 0 spiro atoms. The molecule has 0 bridgehead atoms. The number of amides is 2. The molecule has 2 amide bonds. The Hall–Kier alpha value is -2.95. The van der Waals surface area contributed by atoms with Gasteiger partial charge in [0.05, 0.1) is 0 Å². The van der Waals surface area contributed by atoms with Crippen LogP contribution < -0.4 is 5.32 Å². The van der Waals surface area contributed by atoms with E-state index in [2.05, 4.69) is 38.0 Å². The summed E-state index contributed by atoms with van der Waals surface area (Å²) in [6.45, 7) is 12.2. The number of nitrogens with one attached hydrogen (secondary N) is 1. The monoisotopic (exact) mass is 405 g/mol. The molecule has 1 N–H and O–H groups in total. The zero-order chi connectivity index (χ0) is 22.1. The van der Waals surface area contributed by atoms with E-state index in [4.69, 9.17) is 0 Å². The first-order valence-electron chi connectivity index (χ1n) is 10.4. The fraction of sp³-hybridized carbons (Fsp3) is 0.400. The number of hydrogen-bond acceptors (Lipinski definition) is 3. The van der Waals surface area contributed by atoms with Gasteiger partial charge < -0.3 is 10.2 Å². The Balaban J connectivity index is 1.73. The molecule has 1 heterocycles. The summed E-state index contributed by atoms with van der Waals surface area (Å²) >= 11 is 0. The highest BCUT2D eigenvalue weighted by Crippen LogP contribution is 2.28. The molecule has 2 aromatic carbocycles. The molecule has 158 valence electrons. The zero-order valence-electron chi connectivity index (χ0n) is 18.7. The predicted octanol–water partition coefficient (Wildman–Crippen LogP) is 4.55. The molecule has 30 heavy (non-hydrogen) atoms.